The van der Waals surface area contributed by atoms with Gasteiger partial charge in [-0.05, 0) is 36.6 Å². The van der Waals surface area contributed by atoms with Gasteiger partial charge in [0.25, 0.3) is 0 Å². The normalized spacial score (nSPS) is 12.9. The number of benzene rings is 1. The van der Waals surface area contributed by atoms with Crippen molar-refractivity contribution >= 4 is 15.9 Å². The van der Waals surface area contributed by atoms with Crippen molar-refractivity contribution in [2.45, 2.75) is 19.4 Å². The van der Waals surface area contributed by atoms with Crippen molar-refractivity contribution in [3.63, 3.8) is 0 Å². The van der Waals surface area contributed by atoms with Gasteiger partial charge >= 0.3 is 0 Å². The molecular formula is C10H14BrNO. The maximum absolute atomic E-state index is 8.74. The highest BCUT2D eigenvalue weighted by atomic mass is 79.9. The predicted octanol–water partition coefficient (Wildman–Crippen LogP) is 2.14. The number of halogens is 1. The zero-order valence-electron chi connectivity index (χ0n) is 7.63. The average molecular weight is 244 g/mol. The van der Waals surface area contributed by atoms with E-state index in [1.54, 1.807) is 0 Å². The van der Waals surface area contributed by atoms with Crippen molar-refractivity contribution in [2.24, 2.45) is 5.73 Å². The largest absolute Gasteiger partial charge is 0.396 e. The molecule has 1 aromatic rings. The third kappa shape index (κ3) is 3.10. The van der Waals surface area contributed by atoms with Gasteiger partial charge in [-0.3, -0.25) is 0 Å². The topological polar surface area (TPSA) is 46.2 Å². The SMILES string of the molecule is Cc1cc(Br)cc([C@H](N)CCO)c1. The van der Waals surface area contributed by atoms with E-state index in [0.717, 1.165) is 10.0 Å². The van der Waals surface area contributed by atoms with Crippen LogP contribution in [0.4, 0.5) is 0 Å². The van der Waals surface area contributed by atoms with Gasteiger partial charge in [-0.1, -0.05) is 22.0 Å². The Hall–Kier alpha value is -0.380. The molecule has 3 heteroatoms. The van der Waals surface area contributed by atoms with Crippen LogP contribution in [-0.4, -0.2) is 11.7 Å². The molecular weight excluding hydrogens is 230 g/mol. The van der Waals surface area contributed by atoms with Crippen molar-refractivity contribution in [3.05, 3.63) is 33.8 Å². The second-order valence-corrected chi connectivity index (χ2v) is 4.10. The van der Waals surface area contributed by atoms with Crippen LogP contribution in [0.15, 0.2) is 22.7 Å². The summed E-state index contributed by atoms with van der Waals surface area (Å²) in [6.07, 6.45) is 0.607. The minimum Gasteiger partial charge on any atom is -0.396 e. The highest BCUT2D eigenvalue weighted by Crippen LogP contribution is 2.20. The lowest BCUT2D eigenvalue weighted by Gasteiger charge is -2.11. The van der Waals surface area contributed by atoms with E-state index >= 15 is 0 Å². The molecule has 13 heavy (non-hydrogen) atoms. The lowest BCUT2D eigenvalue weighted by molar-refractivity contribution is 0.276. The van der Waals surface area contributed by atoms with Crippen LogP contribution in [-0.2, 0) is 0 Å². The van der Waals surface area contributed by atoms with Gasteiger partial charge in [-0.15, -0.1) is 0 Å². The molecule has 0 aliphatic carbocycles. The van der Waals surface area contributed by atoms with Gasteiger partial charge in [-0.2, -0.15) is 0 Å². The van der Waals surface area contributed by atoms with Crippen LogP contribution in [0.3, 0.4) is 0 Å². The smallest absolute Gasteiger partial charge is 0.0449 e. The Bertz CT molecular complexity index is 268. The summed E-state index contributed by atoms with van der Waals surface area (Å²) in [7, 11) is 0. The summed E-state index contributed by atoms with van der Waals surface area (Å²) in [6, 6.07) is 6.01. The first-order chi connectivity index (χ1) is 6.13. The number of hydrogen-bond donors (Lipinski definition) is 2. The molecule has 0 saturated heterocycles. The molecule has 0 aromatic heterocycles. The summed E-state index contributed by atoms with van der Waals surface area (Å²) in [5.74, 6) is 0. The van der Waals surface area contributed by atoms with E-state index in [2.05, 4.69) is 15.9 Å². The van der Waals surface area contributed by atoms with E-state index in [4.69, 9.17) is 10.8 Å². The number of aryl methyl sites for hydroxylation is 1. The Morgan fingerprint density at radius 3 is 2.69 bits per heavy atom. The highest BCUT2D eigenvalue weighted by molar-refractivity contribution is 9.10. The maximum atomic E-state index is 8.74. The van der Waals surface area contributed by atoms with Gasteiger partial charge in [0.15, 0.2) is 0 Å². The number of aliphatic hydroxyl groups excluding tert-OH is 1. The summed E-state index contributed by atoms with van der Waals surface area (Å²) in [4.78, 5) is 0. The van der Waals surface area contributed by atoms with Crippen LogP contribution in [0.1, 0.15) is 23.6 Å². The molecule has 0 radical (unpaired) electrons. The van der Waals surface area contributed by atoms with Gasteiger partial charge in [0.1, 0.15) is 0 Å². The van der Waals surface area contributed by atoms with E-state index in [1.165, 1.54) is 5.56 Å². The molecule has 1 rings (SSSR count). The first kappa shape index (κ1) is 10.7. The fourth-order valence-corrected chi connectivity index (χ4v) is 1.91. The zero-order valence-corrected chi connectivity index (χ0v) is 9.21. The summed E-state index contributed by atoms with van der Waals surface area (Å²) >= 11 is 3.41. The highest BCUT2D eigenvalue weighted by Gasteiger charge is 2.05. The number of rotatable bonds is 3. The fraction of sp³-hybridized carbons (Fsp3) is 0.400. The molecule has 0 amide bonds. The van der Waals surface area contributed by atoms with E-state index in [0.29, 0.717) is 6.42 Å². The van der Waals surface area contributed by atoms with Crippen LogP contribution in [0.2, 0.25) is 0 Å². The van der Waals surface area contributed by atoms with Crippen molar-refractivity contribution < 1.29 is 5.11 Å². The standard InChI is InChI=1S/C10H14BrNO/c1-7-4-8(6-9(11)5-7)10(12)2-3-13/h4-6,10,13H,2-3,12H2,1H3/t10-/m1/s1. The van der Waals surface area contributed by atoms with Crippen molar-refractivity contribution in [1.82, 2.24) is 0 Å². The van der Waals surface area contributed by atoms with Crippen molar-refractivity contribution in [2.75, 3.05) is 6.61 Å². The van der Waals surface area contributed by atoms with Crippen LogP contribution >= 0.6 is 15.9 Å². The molecule has 0 aliphatic rings. The molecule has 0 saturated carbocycles. The molecule has 72 valence electrons. The van der Waals surface area contributed by atoms with Gasteiger partial charge in [-0.25, -0.2) is 0 Å². The molecule has 0 heterocycles. The fourth-order valence-electron chi connectivity index (χ4n) is 1.28. The number of aliphatic hydroxyl groups is 1. The minimum absolute atomic E-state index is 0.0683. The summed E-state index contributed by atoms with van der Waals surface area (Å²) < 4.78 is 1.04. The zero-order chi connectivity index (χ0) is 9.84. The van der Waals surface area contributed by atoms with Crippen molar-refractivity contribution in [1.29, 1.82) is 0 Å². The first-order valence-electron chi connectivity index (χ1n) is 4.27. The quantitative estimate of drug-likeness (QED) is 0.855. The third-order valence-electron chi connectivity index (χ3n) is 1.93. The summed E-state index contributed by atoms with van der Waals surface area (Å²) in [6.45, 7) is 2.16. The summed E-state index contributed by atoms with van der Waals surface area (Å²) in [5.41, 5.74) is 8.11. The van der Waals surface area contributed by atoms with Crippen LogP contribution < -0.4 is 5.73 Å². The van der Waals surface area contributed by atoms with Crippen LogP contribution in [0.25, 0.3) is 0 Å². The van der Waals surface area contributed by atoms with E-state index < -0.39 is 0 Å². The molecule has 3 N–H and O–H groups in total. The maximum Gasteiger partial charge on any atom is 0.0449 e. The minimum atomic E-state index is -0.0683. The van der Waals surface area contributed by atoms with Crippen LogP contribution in [0, 0.1) is 6.92 Å². The predicted molar refractivity (Wildman–Crippen MR) is 57.5 cm³/mol. The van der Waals surface area contributed by atoms with Gasteiger partial charge in [0, 0.05) is 17.1 Å². The molecule has 0 bridgehead atoms. The van der Waals surface area contributed by atoms with Gasteiger partial charge < -0.3 is 10.8 Å². The third-order valence-corrected chi connectivity index (χ3v) is 2.39. The van der Waals surface area contributed by atoms with Gasteiger partial charge in [0.05, 0.1) is 0 Å². The second kappa shape index (κ2) is 4.74. The van der Waals surface area contributed by atoms with E-state index in [-0.39, 0.29) is 12.6 Å². The van der Waals surface area contributed by atoms with Gasteiger partial charge in [0.2, 0.25) is 0 Å². The average Bonchev–Trinajstić information content (AvgIpc) is 2.03. The lowest BCUT2D eigenvalue weighted by Crippen LogP contribution is -2.11. The Labute approximate surface area is 86.9 Å². The second-order valence-electron chi connectivity index (χ2n) is 3.18. The Morgan fingerprint density at radius 2 is 2.15 bits per heavy atom. The summed E-state index contributed by atoms with van der Waals surface area (Å²) in [5, 5.41) is 8.74. The molecule has 1 aromatic carbocycles. The molecule has 2 nitrogen and oxygen atoms in total. The Kier molecular flexibility index (Phi) is 3.90. The monoisotopic (exact) mass is 243 g/mol. The molecule has 0 unspecified atom stereocenters. The number of hydrogen-bond acceptors (Lipinski definition) is 2. The molecule has 0 fully saturated rings. The first-order valence-corrected chi connectivity index (χ1v) is 5.06. The molecule has 1 atom stereocenters. The Balaban J connectivity index is 2.87. The van der Waals surface area contributed by atoms with Crippen molar-refractivity contribution in [3.8, 4) is 0 Å². The Morgan fingerprint density at radius 1 is 1.46 bits per heavy atom. The number of nitrogens with two attached hydrogens (primary N) is 1. The van der Waals surface area contributed by atoms with E-state index in [9.17, 15) is 0 Å². The lowest BCUT2D eigenvalue weighted by atomic mass is 10.0. The van der Waals surface area contributed by atoms with E-state index in [1.807, 2.05) is 25.1 Å². The molecule has 0 spiro atoms. The van der Waals surface area contributed by atoms with Crippen LogP contribution in [0.5, 0.6) is 0 Å². The molecule has 0 aliphatic heterocycles.